The second-order valence-corrected chi connectivity index (χ2v) is 7.20. The van der Waals surface area contributed by atoms with E-state index in [1.54, 1.807) is 4.31 Å². The summed E-state index contributed by atoms with van der Waals surface area (Å²) in [7, 11) is -1.03. The first kappa shape index (κ1) is 14.2. The molecule has 2 saturated heterocycles. The zero-order valence-electron chi connectivity index (χ0n) is 11.1. The quantitative estimate of drug-likeness (QED) is 0.675. The molecule has 1 N–H and O–H groups in total. The zero-order valence-corrected chi connectivity index (χ0v) is 12.0. The van der Waals surface area contributed by atoms with Crippen molar-refractivity contribution in [3.8, 4) is 0 Å². The summed E-state index contributed by atoms with van der Waals surface area (Å²) in [4.78, 5) is 4.40. The summed E-state index contributed by atoms with van der Waals surface area (Å²) in [6, 6.07) is 0. The van der Waals surface area contributed by atoms with Crippen LogP contribution in [-0.4, -0.2) is 94.2 Å². The molecular weight excluding hydrogens is 252 g/mol. The van der Waals surface area contributed by atoms with Gasteiger partial charge < -0.3 is 10.2 Å². The maximum absolute atomic E-state index is 12.2. The molecule has 0 amide bonds. The normalized spacial score (nSPS) is 25.4. The average Bonchev–Trinajstić information content (AvgIpc) is 2.38. The van der Waals surface area contributed by atoms with Gasteiger partial charge in [0.1, 0.15) is 0 Å². The smallest absolute Gasteiger partial charge is 0.215 e. The molecule has 2 aliphatic rings. The van der Waals surface area contributed by atoms with E-state index in [1.807, 2.05) is 7.05 Å². The summed E-state index contributed by atoms with van der Waals surface area (Å²) in [5.41, 5.74) is 0. The van der Waals surface area contributed by atoms with Gasteiger partial charge in [-0.15, -0.1) is 0 Å². The molecule has 0 unspecified atom stereocenters. The molecular formula is C11H24N4O2S. The Bertz CT molecular complexity index is 346. The first-order valence-corrected chi connectivity index (χ1v) is 8.28. The van der Waals surface area contributed by atoms with Gasteiger partial charge in [0.05, 0.1) is 5.75 Å². The Labute approximate surface area is 110 Å². The van der Waals surface area contributed by atoms with Gasteiger partial charge in [0, 0.05) is 58.9 Å². The molecule has 18 heavy (non-hydrogen) atoms. The van der Waals surface area contributed by atoms with Gasteiger partial charge in [-0.1, -0.05) is 0 Å². The molecule has 0 aromatic heterocycles. The van der Waals surface area contributed by atoms with Crippen LogP contribution in [0.5, 0.6) is 0 Å². The van der Waals surface area contributed by atoms with E-state index in [9.17, 15) is 8.42 Å². The van der Waals surface area contributed by atoms with E-state index in [2.05, 4.69) is 15.1 Å². The Kier molecular flexibility index (Phi) is 4.97. The van der Waals surface area contributed by atoms with E-state index in [-0.39, 0.29) is 5.75 Å². The molecule has 0 saturated carbocycles. The van der Waals surface area contributed by atoms with Crippen LogP contribution in [-0.2, 0) is 10.0 Å². The second-order valence-electron chi connectivity index (χ2n) is 5.11. The first-order chi connectivity index (χ1) is 8.58. The van der Waals surface area contributed by atoms with Gasteiger partial charge >= 0.3 is 0 Å². The van der Waals surface area contributed by atoms with Crippen molar-refractivity contribution in [2.24, 2.45) is 0 Å². The summed E-state index contributed by atoms with van der Waals surface area (Å²) < 4.78 is 26.0. The van der Waals surface area contributed by atoms with Crippen LogP contribution in [0.4, 0.5) is 0 Å². The van der Waals surface area contributed by atoms with Crippen molar-refractivity contribution < 1.29 is 8.42 Å². The summed E-state index contributed by atoms with van der Waals surface area (Å²) in [6.07, 6.45) is 0. The van der Waals surface area contributed by atoms with Crippen LogP contribution in [0.3, 0.4) is 0 Å². The molecule has 106 valence electrons. The van der Waals surface area contributed by atoms with Gasteiger partial charge in [0.2, 0.25) is 10.0 Å². The van der Waals surface area contributed by atoms with Crippen molar-refractivity contribution in [3.63, 3.8) is 0 Å². The Morgan fingerprint density at radius 2 is 1.61 bits per heavy atom. The number of likely N-dealkylation sites (N-methyl/N-ethyl adjacent to an activating group) is 1. The SMILES string of the molecule is CN1CCN(S(=O)(=O)CCN2CCNCC2)CC1. The molecule has 0 aromatic carbocycles. The van der Waals surface area contributed by atoms with Crippen molar-refractivity contribution in [2.75, 3.05) is 71.7 Å². The predicted octanol–water partition coefficient (Wildman–Crippen LogP) is -1.53. The number of nitrogens with one attached hydrogen (secondary N) is 1. The molecule has 0 aliphatic carbocycles. The van der Waals surface area contributed by atoms with Crippen LogP contribution < -0.4 is 5.32 Å². The Hall–Kier alpha value is -0.210. The fourth-order valence-electron chi connectivity index (χ4n) is 2.37. The monoisotopic (exact) mass is 276 g/mol. The molecule has 2 heterocycles. The van der Waals surface area contributed by atoms with Gasteiger partial charge in [0.15, 0.2) is 0 Å². The van der Waals surface area contributed by atoms with Crippen LogP contribution in [0.2, 0.25) is 0 Å². The van der Waals surface area contributed by atoms with Gasteiger partial charge in [-0.25, -0.2) is 8.42 Å². The molecule has 0 aromatic rings. The van der Waals surface area contributed by atoms with E-state index in [4.69, 9.17) is 0 Å². The topological polar surface area (TPSA) is 55.9 Å². The lowest BCUT2D eigenvalue weighted by Crippen LogP contribution is -2.50. The maximum atomic E-state index is 12.2. The predicted molar refractivity (Wildman–Crippen MR) is 72.2 cm³/mol. The minimum absolute atomic E-state index is 0.261. The maximum Gasteiger partial charge on any atom is 0.215 e. The molecule has 0 radical (unpaired) electrons. The van der Waals surface area contributed by atoms with Crippen LogP contribution in [0.15, 0.2) is 0 Å². The number of hydrogen-bond donors (Lipinski definition) is 1. The van der Waals surface area contributed by atoms with Gasteiger partial charge in [-0.3, -0.25) is 4.90 Å². The Morgan fingerprint density at radius 1 is 1.00 bits per heavy atom. The molecule has 2 aliphatic heterocycles. The zero-order chi connectivity index (χ0) is 13.0. The molecule has 0 spiro atoms. The number of sulfonamides is 1. The lowest BCUT2D eigenvalue weighted by Gasteiger charge is -2.33. The molecule has 6 nitrogen and oxygen atoms in total. The van der Waals surface area contributed by atoms with E-state index in [0.29, 0.717) is 19.6 Å². The largest absolute Gasteiger partial charge is 0.314 e. The number of hydrogen-bond acceptors (Lipinski definition) is 5. The average molecular weight is 276 g/mol. The van der Waals surface area contributed by atoms with Gasteiger partial charge in [-0.05, 0) is 7.05 Å². The highest BCUT2D eigenvalue weighted by Gasteiger charge is 2.26. The fourth-order valence-corrected chi connectivity index (χ4v) is 3.84. The Morgan fingerprint density at radius 3 is 2.22 bits per heavy atom. The third-order valence-corrected chi connectivity index (χ3v) is 5.58. The molecule has 0 bridgehead atoms. The van der Waals surface area contributed by atoms with Gasteiger partial charge in [0.25, 0.3) is 0 Å². The standard InChI is InChI=1S/C11H24N4O2S/c1-13-6-8-15(9-7-13)18(16,17)11-10-14-4-2-12-3-5-14/h12H,2-11H2,1H3. The third kappa shape index (κ3) is 3.89. The Balaban J connectivity index is 1.79. The van der Waals surface area contributed by atoms with E-state index in [0.717, 1.165) is 39.3 Å². The van der Waals surface area contributed by atoms with E-state index in [1.165, 1.54) is 0 Å². The molecule has 7 heteroatoms. The highest BCUT2D eigenvalue weighted by atomic mass is 32.2. The van der Waals surface area contributed by atoms with Crippen molar-refractivity contribution in [1.29, 1.82) is 0 Å². The minimum atomic E-state index is -3.06. The first-order valence-electron chi connectivity index (χ1n) is 6.67. The van der Waals surface area contributed by atoms with Crippen LogP contribution in [0.1, 0.15) is 0 Å². The van der Waals surface area contributed by atoms with Gasteiger partial charge in [-0.2, -0.15) is 4.31 Å². The van der Waals surface area contributed by atoms with Crippen molar-refractivity contribution in [3.05, 3.63) is 0 Å². The van der Waals surface area contributed by atoms with Crippen molar-refractivity contribution in [2.45, 2.75) is 0 Å². The van der Waals surface area contributed by atoms with Crippen molar-refractivity contribution in [1.82, 2.24) is 19.4 Å². The summed E-state index contributed by atoms with van der Waals surface area (Å²) in [5.74, 6) is 0.261. The molecule has 2 rings (SSSR count). The summed E-state index contributed by atoms with van der Waals surface area (Å²) >= 11 is 0. The number of rotatable bonds is 4. The van der Waals surface area contributed by atoms with Crippen LogP contribution in [0.25, 0.3) is 0 Å². The van der Waals surface area contributed by atoms with Crippen molar-refractivity contribution >= 4 is 10.0 Å². The van der Waals surface area contributed by atoms with Crippen LogP contribution in [0, 0.1) is 0 Å². The fraction of sp³-hybridized carbons (Fsp3) is 1.00. The molecule has 0 atom stereocenters. The molecule has 2 fully saturated rings. The second kappa shape index (κ2) is 6.29. The highest BCUT2D eigenvalue weighted by Crippen LogP contribution is 2.07. The third-order valence-electron chi connectivity index (χ3n) is 3.73. The summed E-state index contributed by atoms with van der Waals surface area (Å²) in [5, 5.41) is 3.27. The number of piperazine rings is 2. The highest BCUT2D eigenvalue weighted by molar-refractivity contribution is 7.89. The van der Waals surface area contributed by atoms with Crippen LogP contribution >= 0.6 is 0 Å². The lowest BCUT2D eigenvalue weighted by molar-refractivity contribution is 0.219. The van der Waals surface area contributed by atoms with E-state index < -0.39 is 10.0 Å². The lowest BCUT2D eigenvalue weighted by atomic mass is 10.4. The number of nitrogens with zero attached hydrogens (tertiary/aromatic N) is 3. The summed E-state index contributed by atoms with van der Waals surface area (Å²) in [6.45, 7) is 7.47. The minimum Gasteiger partial charge on any atom is -0.314 e. The van der Waals surface area contributed by atoms with E-state index >= 15 is 0 Å².